The van der Waals surface area contributed by atoms with E-state index in [1.165, 1.54) is 0 Å². The third-order valence-electron chi connectivity index (χ3n) is 3.00. The molecule has 0 saturated heterocycles. The van der Waals surface area contributed by atoms with E-state index in [4.69, 9.17) is 39.5 Å². The van der Waals surface area contributed by atoms with Crippen molar-refractivity contribution in [2.45, 2.75) is 20.0 Å². The summed E-state index contributed by atoms with van der Waals surface area (Å²) in [4.78, 5) is 12.2. The summed E-state index contributed by atoms with van der Waals surface area (Å²) in [5, 5.41) is 4.16. The van der Waals surface area contributed by atoms with Gasteiger partial charge >= 0.3 is 0 Å². The van der Waals surface area contributed by atoms with Crippen LogP contribution in [-0.4, -0.2) is 12.0 Å². The van der Waals surface area contributed by atoms with Crippen molar-refractivity contribution in [2.24, 2.45) is 0 Å². The summed E-state index contributed by atoms with van der Waals surface area (Å²) in [6.07, 6.45) is -0.672. The van der Waals surface area contributed by atoms with E-state index in [0.29, 0.717) is 26.5 Å². The lowest BCUT2D eigenvalue weighted by Crippen LogP contribution is -2.30. The maximum Gasteiger partial charge on any atom is 0.265 e. The summed E-state index contributed by atoms with van der Waals surface area (Å²) in [5.41, 5.74) is 1.42. The number of hydrogen-bond acceptors (Lipinski definition) is 2. The van der Waals surface area contributed by atoms with Crippen molar-refractivity contribution in [3.05, 3.63) is 57.0 Å². The Bertz CT molecular complexity index is 704. The van der Waals surface area contributed by atoms with Gasteiger partial charge in [0.1, 0.15) is 5.75 Å². The van der Waals surface area contributed by atoms with Crippen molar-refractivity contribution in [1.82, 2.24) is 0 Å². The van der Waals surface area contributed by atoms with Gasteiger partial charge in [0.15, 0.2) is 6.10 Å². The second kappa shape index (κ2) is 7.23. The first-order chi connectivity index (χ1) is 10.4. The van der Waals surface area contributed by atoms with E-state index < -0.39 is 6.10 Å². The molecule has 22 heavy (non-hydrogen) atoms. The van der Waals surface area contributed by atoms with E-state index in [1.807, 2.05) is 6.92 Å². The monoisotopic (exact) mass is 357 g/mol. The highest BCUT2D eigenvalue weighted by Crippen LogP contribution is 2.26. The molecule has 6 heteroatoms. The van der Waals surface area contributed by atoms with Gasteiger partial charge in [0.2, 0.25) is 0 Å². The van der Waals surface area contributed by atoms with Crippen molar-refractivity contribution < 1.29 is 9.53 Å². The molecular weight excluding hydrogens is 345 g/mol. The van der Waals surface area contributed by atoms with Crippen molar-refractivity contribution in [1.29, 1.82) is 0 Å². The number of nitrogens with one attached hydrogen (secondary N) is 1. The number of halogens is 3. The number of amides is 1. The summed E-state index contributed by atoms with van der Waals surface area (Å²) < 4.78 is 5.66. The second-order valence-corrected chi connectivity index (χ2v) is 6.04. The van der Waals surface area contributed by atoms with Crippen molar-refractivity contribution in [3.63, 3.8) is 0 Å². The summed E-state index contributed by atoms with van der Waals surface area (Å²) in [6, 6.07) is 10.1. The quantitative estimate of drug-likeness (QED) is 0.799. The molecule has 0 unspecified atom stereocenters. The molecule has 1 amide bonds. The fraction of sp³-hybridized carbons (Fsp3) is 0.188. The molecule has 2 rings (SSSR count). The predicted octanol–water partition coefficient (Wildman–Crippen LogP) is 5.36. The number of carbonyl (C=O) groups excluding carboxylic acids is 1. The average molecular weight is 359 g/mol. The van der Waals surface area contributed by atoms with Crippen LogP contribution in [0.5, 0.6) is 5.75 Å². The van der Waals surface area contributed by atoms with Crippen molar-refractivity contribution in [3.8, 4) is 5.75 Å². The Morgan fingerprint density at radius 3 is 2.45 bits per heavy atom. The number of anilines is 1. The molecule has 0 heterocycles. The van der Waals surface area contributed by atoms with Crippen molar-refractivity contribution in [2.75, 3.05) is 5.32 Å². The molecule has 0 aromatic heterocycles. The Morgan fingerprint density at radius 2 is 1.82 bits per heavy atom. The lowest BCUT2D eigenvalue weighted by atomic mass is 10.2. The highest BCUT2D eigenvalue weighted by Gasteiger charge is 2.16. The molecule has 1 atom stereocenters. The van der Waals surface area contributed by atoms with E-state index in [1.54, 1.807) is 43.3 Å². The number of aryl methyl sites for hydroxylation is 1. The lowest BCUT2D eigenvalue weighted by molar-refractivity contribution is -0.122. The number of ether oxygens (including phenoxy) is 1. The fourth-order valence-corrected chi connectivity index (χ4v) is 2.33. The van der Waals surface area contributed by atoms with Gasteiger partial charge in [0.05, 0.1) is 10.0 Å². The van der Waals surface area contributed by atoms with E-state index in [9.17, 15) is 4.79 Å². The molecule has 3 nitrogen and oxygen atoms in total. The van der Waals surface area contributed by atoms with Gasteiger partial charge < -0.3 is 10.1 Å². The van der Waals surface area contributed by atoms with E-state index in [0.717, 1.165) is 5.56 Å². The zero-order valence-electron chi connectivity index (χ0n) is 12.0. The van der Waals surface area contributed by atoms with Gasteiger partial charge in [0, 0.05) is 10.7 Å². The van der Waals surface area contributed by atoms with Crippen LogP contribution in [0.3, 0.4) is 0 Å². The van der Waals surface area contributed by atoms with Crippen molar-refractivity contribution >= 4 is 46.4 Å². The molecule has 0 aliphatic heterocycles. The third-order valence-corrected chi connectivity index (χ3v) is 3.97. The Labute approximate surface area is 144 Å². The minimum atomic E-state index is -0.672. The number of carbonyl (C=O) groups is 1. The molecule has 0 radical (unpaired) electrons. The van der Waals surface area contributed by atoms with Gasteiger partial charge in [-0.2, -0.15) is 0 Å². The molecule has 2 aromatic rings. The average Bonchev–Trinajstić information content (AvgIpc) is 2.45. The smallest absolute Gasteiger partial charge is 0.265 e. The minimum Gasteiger partial charge on any atom is -0.481 e. The van der Waals surface area contributed by atoms with E-state index in [-0.39, 0.29) is 5.91 Å². The summed E-state index contributed by atoms with van der Waals surface area (Å²) >= 11 is 17.6. The molecule has 1 N–H and O–H groups in total. The topological polar surface area (TPSA) is 38.3 Å². The molecular formula is C16H14Cl3NO2. The number of rotatable bonds is 4. The van der Waals surface area contributed by atoms with E-state index >= 15 is 0 Å². The predicted molar refractivity (Wildman–Crippen MR) is 91.4 cm³/mol. The van der Waals surface area contributed by atoms with Crippen LogP contribution in [-0.2, 0) is 4.79 Å². The lowest BCUT2D eigenvalue weighted by Gasteiger charge is -2.16. The molecule has 2 aromatic carbocycles. The van der Waals surface area contributed by atoms with E-state index in [2.05, 4.69) is 5.32 Å². The Balaban J connectivity index is 2.04. The second-order valence-electron chi connectivity index (χ2n) is 4.79. The van der Waals surface area contributed by atoms with Gasteiger partial charge in [-0.15, -0.1) is 0 Å². The first-order valence-electron chi connectivity index (χ1n) is 6.55. The fourth-order valence-electron chi connectivity index (χ4n) is 1.81. The minimum absolute atomic E-state index is 0.285. The Hall–Kier alpha value is -1.42. The Morgan fingerprint density at radius 1 is 1.09 bits per heavy atom. The first-order valence-corrected chi connectivity index (χ1v) is 7.69. The van der Waals surface area contributed by atoms with Gasteiger partial charge in [-0.1, -0.05) is 34.8 Å². The highest BCUT2D eigenvalue weighted by atomic mass is 35.5. The molecule has 0 bridgehead atoms. The van der Waals surface area contributed by atoms with Crippen LogP contribution in [0.2, 0.25) is 15.1 Å². The zero-order chi connectivity index (χ0) is 16.3. The summed E-state index contributed by atoms with van der Waals surface area (Å²) in [5.74, 6) is 0.328. The first kappa shape index (κ1) is 16.9. The van der Waals surface area contributed by atoms with Crippen LogP contribution in [0, 0.1) is 6.92 Å². The van der Waals surface area contributed by atoms with Gasteiger partial charge in [-0.3, -0.25) is 4.79 Å². The summed E-state index contributed by atoms with van der Waals surface area (Å²) in [6.45, 7) is 3.53. The Kier molecular flexibility index (Phi) is 5.57. The van der Waals surface area contributed by atoms with Gasteiger partial charge in [-0.05, 0) is 55.8 Å². The maximum atomic E-state index is 12.2. The molecule has 116 valence electrons. The molecule has 0 aliphatic carbocycles. The number of benzene rings is 2. The largest absolute Gasteiger partial charge is 0.481 e. The van der Waals surface area contributed by atoms with Crippen LogP contribution in [0.15, 0.2) is 36.4 Å². The van der Waals surface area contributed by atoms with Crippen LogP contribution < -0.4 is 10.1 Å². The maximum absolute atomic E-state index is 12.2. The molecule has 0 fully saturated rings. The zero-order valence-corrected chi connectivity index (χ0v) is 14.3. The van der Waals surface area contributed by atoms with Gasteiger partial charge in [0.25, 0.3) is 5.91 Å². The van der Waals surface area contributed by atoms with Crippen LogP contribution in [0.25, 0.3) is 0 Å². The highest BCUT2D eigenvalue weighted by molar-refractivity contribution is 6.42. The summed E-state index contributed by atoms with van der Waals surface area (Å²) in [7, 11) is 0. The van der Waals surface area contributed by atoms with Crippen LogP contribution >= 0.6 is 34.8 Å². The molecule has 0 spiro atoms. The molecule has 0 saturated carbocycles. The third kappa shape index (κ3) is 4.29. The SMILES string of the molecule is Cc1cc(Cl)ccc1O[C@H](C)C(=O)Nc1ccc(Cl)c(Cl)c1. The normalized spacial score (nSPS) is 11.9. The number of hydrogen-bond donors (Lipinski definition) is 1. The standard InChI is InChI=1S/C16H14Cl3NO2/c1-9-7-11(17)3-6-15(9)22-10(2)16(21)20-12-4-5-13(18)14(19)8-12/h3-8,10H,1-2H3,(H,20,21)/t10-/m1/s1. The van der Waals surface area contributed by atoms with Gasteiger partial charge in [-0.25, -0.2) is 0 Å². The van der Waals surface area contributed by atoms with Crippen LogP contribution in [0.1, 0.15) is 12.5 Å². The van der Waals surface area contributed by atoms with Crippen LogP contribution in [0.4, 0.5) is 5.69 Å². The molecule has 0 aliphatic rings.